The van der Waals surface area contributed by atoms with Crippen molar-refractivity contribution >= 4 is 45.8 Å². The molecule has 1 saturated heterocycles. The van der Waals surface area contributed by atoms with Crippen LogP contribution in [0.4, 0.5) is 28.8 Å². The first-order chi connectivity index (χ1) is 17.4. The smallest absolute Gasteiger partial charge is 0.408 e. The van der Waals surface area contributed by atoms with E-state index in [0.29, 0.717) is 34.1 Å². The largest absolute Gasteiger partial charge is 0.417 e. The zero-order valence-corrected chi connectivity index (χ0v) is 20.4. The molecule has 2 aromatic heterocycles. The molecule has 0 spiro atoms. The number of amides is 1. The average Bonchev–Trinajstić information content (AvgIpc) is 3.25. The van der Waals surface area contributed by atoms with Gasteiger partial charge in [-0.1, -0.05) is 0 Å². The molecule has 2 aromatic carbocycles. The van der Waals surface area contributed by atoms with Gasteiger partial charge < -0.3 is 30.2 Å². The molecule has 0 atom stereocenters. The molecule has 1 aliphatic rings. The fourth-order valence-corrected chi connectivity index (χ4v) is 4.18. The van der Waals surface area contributed by atoms with E-state index >= 15 is 0 Å². The lowest BCUT2D eigenvalue weighted by Gasteiger charge is -2.35. The number of aryl methyl sites for hydroxylation is 1. The quantitative estimate of drug-likeness (QED) is 0.323. The molecule has 0 aliphatic carbocycles. The lowest BCUT2D eigenvalue weighted by Crippen LogP contribution is -2.45. The van der Waals surface area contributed by atoms with Crippen LogP contribution >= 0.6 is 0 Å². The minimum Gasteiger partial charge on any atom is -0.408 e. The second-order valence-electron chi connectivity index (χ2n) is 8.80. The summed E-state index contributed by atoms with van der Waals surface area (Å²) >= 11 is 0. The third kappa shape index (κ3) is 4.86. The van der Waals surface area contributed by atoms with E-state index in [1.54, 1.807) is 31.4 Å². The number of carbonyl (C=O) groups excluding carboxylic acids is 1. The maximum Gasteiger partial charge on any atom is 0.417 e. The second-order valence-corrected chi connectivity index (χ2v) is 8.80. The number of oxazole rings is 1. The molecule has 0 radical (unpaired) electrons. The Morgan fingerprint density at radius 1 is 1.06 bits per heavy atom. The molecule has 0 saturated carbocycles. The molecule has 1 aliphatic heterocycles. The van der Waals surface area contributed by atoms with Gasteiger partial charge in [-0.15, -0.1) is 0 Å². The number of anilines is 5. The summed E-state index contributed by atoms with van der Waals surface area (Å²) in [5.41, 5.74) is 4.88. The summed E-state index contributed by atoms with van der Waals surface area (Å²) in [6, 6.07) is 11.0. The van der Waals surface area contributed by atoms with Crippen LogP contribution in [0.15, 0.2) is 51.8 Å². The molecule has 4 aromatic rings. The van der Waals surface area contributed by atoms with E-state index < -0.39 is 5.76 Å². The molecule has 5 rings (SSSR count). The Bertz CT molecular complexity index is 1470. The number of piperazine rings is 1. The van der Waals surface area contributed by atoms with Gasteiger partial charge in [0.1, 0.15) is 5.82 Å². The predicted molar refractivity (Wildman–Crippen MR) is 140 cm³/mol. The molecule has 11 heteroatoms. The number of hydrogen-bond acceptors (Lipinski definition) is 9. The SMILES string of the molecule is CNC(=O)c1cc(Nc2ncc(C)c(Nc3ccc4oc(=O)[nH]c4c3)n2)ccc1N1CCN(C)CC1. The van der Waals surface area contributed by atoms with Crippen molar-refractivity contribution in [2.45, 2.75) is 6.92 Å². The Balaban J connectivity index is 1.39. The zero-order chi connectivity index (χ0) is 25.2. The van der Waals surface area contributed by atoms with Crippen molar-refractivity contribution in [1.29, 1.82) is 0 Å². The number of nitrogens with one attached hydrogen (secondary N) is 4. The van der Waals surface area contributed by atoms with Crippen LogP contribution in [-0.2, 0) is 0 Å². The highest BCUT2D eigenvalue weighted by Crippen LogP contribution is 2.28. The van der Waals surface area contributed by atoms with E-state index in [0.717, 1.165) is 43.1 Å². The number of benzene rings is 2. The highest BCUT2D eigenvalue weighted by Gasteiger charge is 2.20. The monoisotopic (exact) mass is 488 g/mol. The van der Waals surface area contributed by atoms with Crippen LogP contribution < -0.4 is 26.6 Å². The van der Waals surface area contributed by atoms with Crippen LogP contribution in [0.1, 0.15) is 15.9 Å². The number of carbonyl (C=O) groups is 1. The summed E-state index contributed by atoms with van der Waals surface area (Å²) in [6.07, 6.45) is 1.72. The molecule has 0 unspecified atom stereocenters. The van der Waals surface area contributed by atoms with E-state index in [4.69, 9.17) is 4.42 Å². The molecule has 4 N–H and O–H groups in total. The summed E-state index contributed by atoms with van der Waals surface area (Å²) in [6.45, 7) is 5.52. The van der Waals surface area contributed by atoms with Gasteiger partial charge >= 0.3 is 5.76 Å². The molecule has 0 bridgehead atoms. The topological polar surface area (TPSA) is 131 Å². The van der Waals surface area contributed by atoms with E-state index in [1.165, 1.54) is 0 Å². The molecule has 36 heavy (non-hydrogen) atoms. The number of hydrogen-bond donors (Lipinski definition) is 4. The number of aromatic amines is 1. The van der Waals surface area contributed by atoms with Gasteiger partial charge in [-0.05, 0) is 50.4 Å². The van der Waals surface area contributed by atoms with Gasteiger partial charge in [-0.2, -0.15) is 4.98 Å². The van der Waals surface area contributed by atoms with Crippen molar-refractivity contribution in [3.8, 4) is 0 Å². The van der Waals surface area contributed by atoms with Crippen molar-refractivity contribution in [3.05, 3.63) is 64.3 Å². The fourth-order valence-electron chi connectivity index (χ4n) is 4.18. The fraction of sp³-hybridized carbons (Fsp3) is 0.280. The van der Waals surface area contributed by atoms with E-state index in [9.17, 15) is 9.59 Å². The summed E-state index contributed by atoms with van der Waals surface area (Å²) in [5.74, 6) is 0.350. The van der Waals surface area contributed by atoms with E-state index in [-0.39, 0.29) is 5.91 Å². The Morgan fingerprint density at radius 3 is 2.58 bits per heavy atom. The first kappa shape index (κ1) is 23.4. The number of likely N-dealkylation sites (N-methyl/N-ethyl adjacent to an activating group) is 1. The summed E-state index contributed by atoms with van der Waals surface area (Å²) in [4.78, 5) is 40.3. The zero-order valence-electron chi connectivity index (χ0n) is 20.4. The number of H-pyrrole nitrogens is 1. The van der Waals surface area contributed by atoms with Crippen LogP contribution in [0, 0.1) is 6.92 Å². The van der Waals surface area contributed by atoms with Gasteiger partial charge in [0, 0.05) is 62.0 Å². The number of fused-ring (bicyclic) bond motifs is 1. The van der Waals surface area contributed by atoms with Crippen LogP contribution in [-0.4, -0.2) is 66.0 Å². The van der Waals surface area contributed by atoms with Gasteiger partial charge in [-0.25, -0.2) is 9.78 Å². The van der Waals surface area contributed by atoms with Crippen LogP contribution in [0.2, 0.25) is 0 Å². The predicted octanol–water partition coefficient (Wildman–Crippen LogP) is 2.82. The van der Waals surface area contributed by atoms with Crippen LogP contribution in [0.25, 0.3) is 11.1 Å². The van der Waals surface area contributed by atoms with Crippen molar-refractivity contribution < 1.29 is 9.21 Å². The lowest BCUT2D eigenvalue weighted by molar-refractivity contribution is 0.0963. The molecule has 1 amide bonds. The lowest BCUT2D eigenvalue weighted by atomic mass is 10.1. The van der Waals surface area contributed by atoms with Gasteiger partial charge in [0.05, 0.1) is 11.1 Å². The number of aromatic nitrogens is 3. The highest BCUT2D eigenvalue weighted by atomic mass is 16.4. The summed E-state index contributed by atoms with van der Waals surface area (Å²) in [5, 5.41) is 9.22. The minimum atomic E-state index is -0.499. The van der Waals surface area contributed by atoms with Gasteiger partial charge in [-0.3, -0.25) is 9.78 Å². The number of nitrogens with zero attached hydrogens (tertiary/aromatic N) is 4. The molecule has 11 nitrogen and oxygen atoms in total. The van der Waals surface area contributed by atoms with Gasteiger partial charge in [0.25, 0.3) is 5.91 Å². The first-order valence-corrected chi connectivity index (χ1v) is 11.7. The van der Waals surface area contributed by atoms with Crippen molar-refractivity contribution in [2.24, 2.45) is 0 Å². The van der Waals surface area contributed by atoms with Gasteiger partial charge in [0.2, 0.25) is 5.95 Å². The summed E-state index contributed by atoms with van der Waals surface area (Å²) in [7, 11) is 3.74. The van der Waals surface area contributed by atoms with Crippen LogP contribution in [0.3, 0.4) is 0 Å². The Labute approximate surface area is 207 Å². The van der Waals surface area contributed by atoms with Crippen molar-refractivity contribution in [3.63, 3.8) is 0 Å². The van der Waals surface area contributed by atoms with Gasteiger partial charge in [0.15, 0.2) is 5.58 Å². The van der Waals surface area contributed by atoms with E-state index in [2.05, 4.69) is 47.7 Å². The Hall–Kier alpha value is -4.38. The third-order valence-electron chi connectivity index (χ3n) is 6.22. The maximum absolute atomic E-state index is 12.7. The minimum absolute atomic E-state index is 0.146. The van der Waals surface area contributed by atoms with Crippen molar-refractivity contribution in [2.75, 3.05) is 55.8 Å². The molecule has 1 fully saturated rings. The Morgan fingerprint density at radius 2 is 1.81 bits per heavy atom. The number of rotatable bonds is 6. The summed E-state index contributed by atoms with van der Waals surface area (Å²) < 4.78 is 5.06. The van der Waals surface area contributed by atoms with Crippen LogP contribution in [0.5, 0.6) is 0 Å². The third-order valence-corrected chi connectivity index (χ3v) is 6.22. The highest BCUT2D eigenvalue weighted by molar-refractivity contribution is 6.00. The molecule has 3 heterocycles. The average molecular weight is 489 g/mol. The first-order valence-electron chi connectivity index (χ1n) is 11.7. The molecular weight excluding hydrogens is 460 g/mol. The Kier molecular flexibility index (Phi) is 6.30. The maximum atomic E-state index is 12.7. The standard InChI is InChI=1S/C25H28N8O3/c1-15-14-27-24(31-22(15)28-17-5-7-21-19(13-17)30-25(35)36-21)29-16-4-6-20(18(12-16)23(34)26-2)33-10-8-32(3)9-11-33/h4-7,12-14H,8-11H2,1-3H3,(H,26,34)(H,30,35)(H2,27,28,29,31). The molecular formula is C25H28N8O3. The van der Waals surface area contributed by atoms with Crippen molar-refractivity contribution in [1.82, 2.24) is 25.2 Å². The normalized spacial score (nSPS) is 14.1. The molecule has 186 valence electrons. The second kappa shape index (κ2) is 9.70. The van der Waals surface area contributed by atoms with E-state index in [1.807, 2.05) is 25.1 Å².